The number of amides is 2. The van der Waals surface area contributed by atoms with Gasteiger partial charge in [0.15, 0.2) is 0 Å². The Morgan fingerprint density at radius 3 is 2.69 bits per heavy atom. The number of carbonyl (C=O) groups excluding carboxylic acids is 2. The third-order valence-corrected chi connectivity index (χ3v) is 6.55. The summed E-state index contributed by atoms with van der Waals surface area (Å²) in [5.74, 6) is 1.29. The van der Waals surface area contributed by atoms with Gasteiger partial charge in [0.2, 0.25) is 0 Å². The molecule has 1 aromatic heterocycles. The number of aromatic nitrogens is 1. The standard InChI is InChI=1S/C23H27N3O3/c1-2-19(15-6-4-3-5-7-15)24-22(27)18-11-20(26-8-9-29-14-21(18)26)23(28)25-12-16-10-17(16)13-25/h3-7,11,16-17,19H,2,8-10,12-14H2,1H3,(H,24,27). The van der Waals surface area contributed by atoms with Gasteiger partial charge in [0, 0.05) is 19.6 Å². The van der Waals surface area contributed by atoms with E-state index in [9.17, 15) is 9.59 Å². The Morgan fingerprint density at radius 1 is 1.21 bits per heavy atom. The van der Waals surface area contributed by atoms with Crippen molar-refractivity contribution in [2.24, 2.45) is 11.8 Å². The molecule has 29 heavy (non-hydrogen) atoms. The largest absolute Gasteiger partial charge is 0.373 e. The molecule has 0 radical (unpaired) electrons. The normalized spacial score (nSPS) is 23.3. The number of benzene rings is 1. The highest BCUT2D eigenvalue weighted by atomic mass is 16.5. The molecule has 6 nitrogen and oxygen atoms in total. The average Bonchev–Trinajstić information content (AvgIpc) is 3.20. The Bertz CT molecular complexity index is 926. The maximum atomic E-state index is 13.2. The smallest absolute Gasteiger partial charge is 0.270 e. The van der Waals surface area contributed by atoms with Crippen LogP contribution in [0.2, 0.25) is 0 Å². The summed E-state index contributed by atoms with van der Waals surface area (Å²) < 4.78 is 7.61. The predicted octanol–water partition coefficient (Wildman–Crippen LogP) is 2.99. The van der Waals surface area contributed by atoms with Crippen LogP contribution >= 0.6 is 0 Å². The van der Waals surface area contributed by atoms with E-state index in [0.717, 1.165) is 30.8 Å². The molecule has 1 saturated heterocycles. The number of likely N-dealkylation sites (tertiary alicyclic amines) is 1. The highest BCUT2D eigenvalue weighted by Gasteiger charge is 2.47. The highest BCUT2D eigenvalue weighted by Crippen LogP contribution is 2.45. The summed E-state index contributed by atoms with van der Waals surface area (Å²) in [7, 11) is 0. The van der Waals surface area contributed by atoms with Crippen LogP contribution in [0.15, 0.2) is 36.4 Å². The summed E-state index contributed by atoms with van der Waals surface area (Å²) in [4.78, 5) is 28.3. The summed E-state index contributed by atoms with van der Waals surface area (Å²) in [5, 5.41) is 3.15. The molecule has 2 aliphatic heterocycles. The zero-order chi connectivity index (χ0) is 20.0. The van der Waals surface area contributed by atoms with Gasteiger partial charge >= 0.3 is 0 Å². The number of fused-ring (bicyclic) bond motifs is 2. The molecule has 5 rings (SSSR count). The Kier molecular flexibility index (Phi) is 4.66. The fourth-order valence-corrected chi connectivity index (χ4v) is 4.77. The number of nitrogens with zero attached hydrogens (tertiary/aromatic N) is 2. The summed E-state index contributed by atoms with van der Waals surface area (Å²) >= 11 is 0. The van der Waals surface area contributed by atoms with Crippen molar-refractivity contribution in [2.75, 3.05) is 19.7 Å². The van der Waals surface area contributed by atoms with Crippen molar-refractivity contribution in [3.05, 3.63) is 58.9 Å². The van der Waals surface area contributed by atoms with Gasteiger partial charge in [-0.05, 0) is 36.3 Å². The Labute approximate surface area is 170 Å². The van der Waals surface area contributed by atoms with Crippen LogP contribution in [-0.4, -0.2) is 41.0 Å². The Hall–Kier alpha value is -2.60. The molecule has 0 bridgehead atoms. The van der Waals surface area contributed by atoms with Crippen molar-refractivity contribution in [3.63, 3.8) is 0 Å². The first-order chi connectivity index (χ1) is 14.2. The van der Waals surface area contributed by atoms with Gasteiger partial charge in [0.25, 0.3) is 11.8 Å². The topological polar surface area (TPSA) is 63.6 Å². The number of nitrogens with one attached hydrogen (secondary N) is 1. The van der Waals surface area contributed by atoms with Crippen LogP contribution in [0.25, 0.3) is 0 Å². The van der Waals surface area contributed by atoms with Crippen LogP contribution < -0.4 is 5.32 Å². The SMILES string of the molecule is CCC(NC(=O)c1cc(C(=O)N2CC3CC3C2)n2c1COCC2)c1ccccc1. The lowest BCUT2D eigenvalue weighted by atomic mass is 10.0. The summed E-state index contributed by atoms with van der Waals surface area (Å²) in [6.45, 7) is 5.31. The number of piperidine rings is 1. The minimum Gasteiger partial charge on any atom is -0.373 e. The number of hydrogen-bond donors (Lipinski definition) is 1. The van der Waals surface area contributed by atoms with Crippen LogP contribution in [0.3, 0.4) is 0 Å². The van der Waals surface area contributed by atoms with Crippen LogP contribution in [0.4, 0.5) is 0 Å². The minimum absolute atomic E-state index is 0.0505. The molecule has 1 N–H and O–H groups in total. The molecule has 3 unspecified atom stereocenters. The second-order valence-corrected chi connectivity index (χ2v) is 8.41. The maximum Gasteiger partial charge on any atom is 0.270 e. The Morgan fingerprint density at radius 2 is 1.97 bits per heavy atom. The van der Waals surface area contributed by atoms with Gasteiger partial charge in [-0.1, -0.05) is 37.3 Å². The third kappa shape index (κ3) is 3.35. The van der Waals surface area contributed by atoms with Gasteiger partial charge < -0.3 is 19.5 Å². The quantitative estimate of drug-likeness (QED) is 0.849. The number of hydrogen-bond acceptors (Lipinski definition) is 3. The lowest BCUT2D eigenvalue weighted by Crippen LogP contribution is -2.33. The third-order valence-electron chi connectivity index (χ3n) is 6.55. The molecule has 2 aromatic rings. The molecule has 1 aliphatic carbocycles. The van der Waals surface area contributed by atoms with E-state index in [0.29, 0.717) is 42.9 Å². The molecular weight excluding hydrogens is 366 g/mol. The van der Waals surface area contributed by atoms with E-state index in [1.807, 2.05) is 39.8 Å². The molecule has 2 fully saturated rings. The fourth-order valence-electron chi connectivity index (χ4n) is 4.77. The molecule has 152 valence electrons. The molecule has 6 heteroatoms. The van der Waals surface area contributed by atoms with Crippen molar-refractivity contribution in [3.8, 4) is 0 Å². The maximum absolute atomic E-state index is 13.2. The first-order valence-corrected chi connectivity index (χ1v) is 10.6. The van der Waals surface area contributed by atoms with Crippen LogP contribution in [-0.2, 0) is 17.9 Å². The first kappa shape index (κ1) is 18.4. The molecular formula is C23H27N3O3. The van der Waals surface area contributed by atoms with E-state index < -0.39 is 0 Å². The fraction of sp³-hybridized carbons (Fsp3) is 0.478. The molecule has 2 amide bonds. The minimum atomic E-state index is -0.140. The van der Waals surface area contributed by atoms with E-state index in [2.05, 4.69) is 12.2 Å². The number of rotatable bonds is 5. The molecule has 1 saturated carbocycles. The van der Waals surface area contributed by atoms with Gasteiger partial charge in [-0.25, -0.2) is 0 Å². The second kappa shape index (κ2) is 7.34. The van der Waals surface area contributed by atoms with Gasteiger partial charge in [-0.2, -0.15) is 0 Å². The van der Waals surface area contributed by atoms with Crippen LogP contribution in [0.1, 0.15) is 57.9 Å². The van der Waals surface area contributed by atoms with E-state index in [-0.39, 0.29) is 17.9 Å². The molecule has 3 heterocycles. The second-order valence-electron chi connectivity index (χ2n) is 8.41. The molecule has 3 atom stereocenters. The lowest BCUT2D eigenvalue weighted by Gasteiger charge is -2.22. The molecule has 0 spiro atoms. The lowest BCUT2D eigenvalue weighted by molar-refractivity contribution is 0.0703. The van der Waals surface area contributed by atoms with E-state index in [1.165, 1.54) is 6.42 Å². The van der Waals surface area contributed by atoms with Gasteiger partial charge in [-0.3, -0.25) is 9.59 Å². The zero-order valence-corrected chi connectivity index (χ0v) is 16.8. The van der Waals surface area contributed by atoms with E-state index >= 15 is 0 Å². The summed E-state index contributed by atoms with van der Waals surface area (Å²) in [6, 6.07) is 11.7. The zero-order valence-electron chi connectivity index (χ0n) is 16.8. The van der Waals surface area contributed by atoms with Gasteiger partial charge in [-0.15, -0.1) is 0 Å². The first-order valence-electron chi connectivity index (χ1n) is 10.6. The van der Waals surface area contributed by atoms with Crippen molar-refractivity contribution in [1.29, 1.82) is 0 Å². The summed E-state index contributed by atoms with van der Waals surface area (Å²) in [6.07, 6.45) is 2.06. The van der Waals surface area contributed by atoms with Crippen LogP contribution in [0, 0.1) is 11.8 Å². The number of carbonyl (C=O) groups is 2. The van der Waals surface area contributed by atoms with Crippen molar-refractivity contribution >= 4 is 11.8 Å². The number of ether oxygens (including phenoxy) is 1. The van der Waals surface area contributed by atoms with Gasteiger partial charge in [0.05, 0.1) is 30.5 Å². The predicted molar refractivity (Wildman–Crippen MR) is 109 cm³/mol. The average molecular weight is 393 g/mol. The van der Waals surface area contributed by atoms with Gasteiger partial charge in [0.1, 0.15) is 5.69 Å². The Balaban J connectivity index is 1.41. The van der Waals surface area contributed by atoms with E-state index in [1.54, 1.807) is 6.07 Å². The van der Waals surface area contributed by atoms with Crippen molar-refractivity contribution in [1.82, 2.24) is 14.8 Å². The highest BCUT2D eigenvalue weighted by molar-refractivity contribution is 6.01. The molecule has 1 aromatic carbocycles. The van der Waals surface area contributed by atoms with Crippen molar-refractivity contribution in [2.45, 2.75) is 39.0 Å². The summed E-state index contributed by atoms with van der Waals surface area (Å²) in [5.41, 5.74) is 3.08. The monoisotopic (exact) mass is 393 g/mol. The molecule has 3 aliphatic rings. The van der Waals surface area contributed by atoms with Crippen molar-refractivity contribution < 1.29 is 14.3 Å². The van der Waals surface area contributed by atoms with Crippen LogP contribution in [0.5, 0.6) is 0 Å². The van der Waals surface area contributed by atoms with E-state index in [4.69, 9.17) is 4.74 Å².